The normalized spacial score (nSPS) is 12.1. The standard InChI is InChI=1S/C31H53NO5/c1-3-4-5-6-7-8-9-10-11-12-13-14-15-16-17-18-19-20-23-32-31(34)22-25-36-27-29-37-28-26-35-24-21-30(2)33/h7-8,10-11,13-14,16-17H,3-6,9,12,15,18-29H2,1-2H3,(H,32,34)/b8-7-,11-10-,14-13-,17-16-. The lowest BCUT2D eigenvalue weighted by molar-refractivity contribution is -0.122. The monoisotopic (exact) mass is 519 g/mol. The average molecular weight is 520 g/mol. The predicted molar refractivity (Wildman–Crippen MR) is 154 cm³/mol. The lowest BCUT2D eigenvalue weighted by Crippen LogP contribution is -2.25. The van der Waals surface area contributed by atoms with Crippen LogP contribution < -0.4 is 5.32 Å². The predicted octanol–water partition coefficient (Wildman–Crippen LogP) is 6.67. The van der Waals surface area contributed by atoms with Crippen molar-refractivity contribution in [1.29, 1.82) is 0 Å². The molecular formula is C31H53NO5. The summed E-state index contributed by atoms with van der Waals surface area (Å²) >= 11 is 0. The fourth-order valence-electron chi connectivity index (χ4n) is 3.19. The maximum atomic E-state index is 11.8. The molecule has 212 valence electrons. The van der Waals surface area contributed by atoms with Gasteiger partial charge in [-0.2, -0.15) is 0 Å². The van der Waals surface area contributed by atoms with Gasteiger partial charge in [-0.1, -0.05) is 68.4 Å². The number of carbonyl (C=O) groups excluding carboxylic acids is 2. The second-order valence-electron chi connectivity index (χ2n) is 8.97. The molecule has 0 aliphatic rings. The first kappa shape index (κ1) is 35.0. The Morgan fingerprint density at radius 2 is 1.05 bits per heavy atom. The lowest BCUT2D eigenvalue weighted by Gasteiger charge is -2.07. The first-order valence-electron chi connectivity index (χ1n) is 14.3. The van der Waals surface area contributed by atoms with E-state index in [0.29, 0.717) is 59.0 Å². The van der Waals surface area contributed by atoms with Gasteiger partial charge in [0.1, 0.15) is 5.78 Å². The molecule has 0 rings (SSSR count). The number of allylic oxidation sites excluding steroid dienone is 8. The van der Waals surface area contributed by atoms with Crippen LogP contribution in [0.1, 0.15) is 90.9 Å². The molecule has 6 nitrogen and oxygen atoms in total. The summed E-state index contributed by atoms with van der Waals surface area (Å²) in [6.45, 7) is 7.20. The Balaban J connectivity index is 3.37. The van der Waals surface area contributed by atoms with Crippen molar-refractivity contribution in [3.05, 3.63) is 48.6 Å². The van der Waals surface area contributed by atoms with Crippen LogP contribution in [0.15, 0.2) is 48.6 Å². The first-order valence-corrected chi connectivity index (χ1v) is 14.3. The van der Waals surface area contributed by atoms with Crippen LogP contribution in [0.3, 0.4) is 0 Å². The van der Waals surface area contributed by atoms with E-state index in [1.54, 1.807) is 6.92 Å². The summed E-state index contributed by atoms with van der Waals surface area (Å²) in [4.78, 5) is 22.6. The summed E-state index contributed by atoms with van der Waals surface area (Å²) in [5, 5.41) is 2.94. The first-order chi connectivity index (χ1) is 18.2. The molecule has 0 aliphatic carbocycles. The molecule has 0 aromatic heterocycles. The van der Waals surface area contributed by atoms with Crippen molar-refractivity contribution < 1.29 is 23.8 Å². The molecule has 0 saturated heterocycles. The molecule has 0 spiro atoms. The minimum Gasteiger partial charge on any atom is -0.379 e. The van der Waals surface area contributed by atoms with E-state index in [9.17, 15) is 9.59 Å². The lowest BCUT2D eigenvalue weighted by atomic mass is 10.2. The molecule has 0 aromatic carbocycles. The van der Waals surface area contributed by atoms with Crippen molar-refractivity contribution in [1.82, 2.24) is 5.32 Å². The molecule has 0 heterocycles. The van der Waals surface area contributed by atoms with Crippen LogP contribution in [0.25, 0.3) is 0 Å². The van der Waals surface area contributed by atoms with Gasteiger partial charge in [-0.15, -0.1) is 0 Å². The van der Waals surface area contributed by atoms with Gasteiger partial charge >= 0.3 is 0 Å². The molecule has 0 atom stereocenters. The highest BCUT2D eigenvalue weighted by Crippen LogP contribution is 2.01. The minimum absolute atomic E-state index is 0.0255. The molecule has 0 fully saturated rings. The summed E-state index contributed by atoms with van der Waals surface area (Å²) in [5.41, 5.74) is 0. The Bertz CT molecular complexity index is 640. The fourth-order valence-corrected chi connectivity index (χ4v) is 3.19. The van der Waals surface area contributed by atoms with Gasteiger partial charge in [-0.3, -0.25) is 9.59 Å². The number of ether oxygens (including phenoxy) is 3. The third-order valence-electron chi connectivity index (χ3n) is 5.39. The van der Waals surface area contributed by atoms with E-state index >= 15 is 0 Å². The molecule has 37 heavy (non-hydrogen) atoms. The van der Waals surface area contributed by atoms with Gasteiger partial charge in [0.05, 0.1) is 39.6 Å². The number of ketones is 1. The van der Waals surface area contributed by atoms with Gasteiger partial charge in [-0.05, 0) is 58.3 Å². The van der Waals surface area contributed by atoms with Crippen LogP contribution in [0.4, 0.5) is 0 Å². The molecule has 1 N–H and O–H groups in total. The minimum atomic E-state index is 0.0255. The molecule has 0 aliphatic heterocycles. The molecular weight excluding hydrogens is 466 g/mol. The Morgan fingerprint density at radius 3 is 1.57 bits per heavy atom. The number of nitrogens with one attached hydrogen (secondary N) is 1. The maximum absolute atomic E-state index is 11.8. The maximum Gasteiger partial charge on any atom is 0.222 e. The van der Waals surface area contributed by atoms with Crippen molar-refractivity contribution in [2.75, 3.05) is 46.2 Å². The zero-order valence-corrected chi connectivity index (χ0v) is 23.6. The second kappa shape index (κ2) is 30.2. The van der Waals surface area contributed by atoms with Crippen molar-refractivity contribution in [3.63, 3.8) is 0 Å². The van der Waals surface area contributed by atoms with Crippen LogP contribution in [-0.4, -0.2) is 57.9 Å². The van der Waals surface area contributed by atoms with Gasteiger partial charge < -0.3 is 19.5 Å². The molecule has 0 bridgehead atoms. The van der Waals surface area contributed by atoms with Crippen LogP contribution >= 0.6 is 0 Å². The number of Topliss-reactive ketones (excluding diaryl/α,β-unsaturated/α-hetero) is 1. The van der Waals surface area contributed by atoms with Crippen molar-refractivity contribution in [3.8, 4) is 0 Å². The number of unbranched alkanes of at least 4 members (excludes halogenated alkanes) is 5. The van der Waals surface area contributed by atoms with Crippen molar-refractivity contribution in [2.24, 2.45) is 0 Å². The zero-order chi connectivity index (χ0) is 27.1. The average Bonchev–Trinajstić information content (AvgIpc) is 2.88. The molecule has 0 aromatic rings. The molecule has 0 saturated carbocycles. The Labute approximate surface area is 226 Å². The van der Waals surface area contributed by atoms with Crippen LogP contribution in [0.2, 0.25) is 0 Å². The zero-order valence-electron chi connectivity index (χ0n) is 23.6. The Morgan fingerprint density at radius 1 is 0.595 bits per heavy atom. The highest BCUT2D eigenvalue weighted by atomic mass is 16.5. The second-order valence-corrected chi connectivity index (χ2v) is 8.97. The SMILES string of the molecule is CCCCC/C=C\C/C=C\C/C=C\C/C=C\CCCCNC(=O)CCOCCOCCOCCC(C)=O. The van der Waals surface area contributed by atoms with Gasteiger partial charge in [-0.25, -0.2) is 0 Å². The quantitative estimate of drug-likeness (QED) is 0.0969. The van der Waals surface area contributed by atoms with Crippen LogP contribution in [0, 0.1) is 0 Å². The van der Waals surface area contributed by atoms with E-state index in [1.807, 2.05) is 0 Å². The van der Waals surface area contributed by atoms with E-state index in [2.05, 4.69) is 60.8 Å². The van der Waals surface area contributed by atoms with E-state index in [4.69, 9.17) is 14.2 Å². The number of hydrogen-bond acceptors (Lipinski definition) is 5. The van der Waals surface area contributed by atoms with E-state index in [-0.39, 0.29) is 11.7 Å². The number of hydrogen-bond donors (Lipinski definition) is 1. The summed E-state index contributed by atoms with van der Waals surface area (Å²) < 4.78 is 16.1. The number of rotatable bonds is 27. The third-order valence-corrected chi connectivity index (χ3v) is 5.39. The van der Waals surface area contributed by atoms with Gasteiger partial charge in [0.15, 0.2) is 0 Å². The smallest absolute Gasteiger partial charge is 0.222 e. The molecule has 0 radical (unpaired) electrons. The summed E-state index contributed by atoms with van der Waals surface area (Å²) in [6, 6.07) is 0. The van der Waals surface area contributed by atoms with Gasteiger partial charge in [0.2, 0.25) is 5.91 Å². The van der Waals surface area contributed by atoms with Crippen molar-refractivity contribution >= 4 is 11.7 Å². The van der Waals surface area contributed by atoms with E-state index in [1.165, 1.54) is 25.7 Å². The third kappa shape index (κ3) is 32.0. The molecule has 0 unspecified atom stereocenters. The van der Waals surface area contributed by atoms with E-state index < -0.39 is 0 Å². The van der Waals surface area contributed by atoms with Crippen LogP contribution in [0.5, 0.6) is 0 Å². The summed E-state index contributed by atoms with van der Waals surface area (Å²) in [6.07, 6.45) is 29.9. The number of amides is 1. The van der Waals surface area contributed by atoms with Crippen molar-refractivity contribution in [2.45, 2.75) is 90.9 Å². The van der Waals surface area contributed by atoms with Gasteiger partial charge in [0, 0.05) is 19.4 Å². The highest BCUT2D eigenvalue weighted by Gasteiger charge is 2.00. The number of carbonyl (C=O) groups is 2. The summed E-state index contributed by atoms with van der Waals surface area (Å²) in [7, 11) is 0. The van der Waals surface area contributed by atoms with E-state index in [0.717, 1.165) is 38.5 Å². The Kier molecular flexibility index (Phi) is 28.6. The largest absolute Gasteiger partial charge is 0.379 e. The molecule has 6 heteroatoms. The summed E-state index contributed by atoms with van der Waals surface area (Å²) in [5.74, 6) is 0.151. The van der Waals surface area contributed by atoms with Gasteiger partial charge in [0.25, 0.3) is 0 Å². The van der Waals surface area contributed by atoms with Crippen LogP contribution in [-0.2, 0) is 23.8 Å². The topological polar surface area (TPSA) is 73.9 Å². The Hall–Kier alpha value is -2.02. The fraction of sp³-hybridized carbons (Fsp3) is 0.677. The molecule has 1 amide bonds. The highest BCUT2D eigenvalue weighted by molar-refractivity contribution is 5.76.